The van der Waals surface area contributed by atoms with Gasteiger partial charge >= 0.3 is 0 Å². The van der Waals surface area contributed by atoms with Crippen molar-refractivity contribution in [3.63, 3.8) is 0 Å². The molecule has 0 radical (unpaired) electrons. The van der Waals surface area contributed by atoms with Crippen molar-refractivity contribution >= 4 is 0 Å². The fourth-order valence-corrected chi connectivity index (χ4v) is 2.12. The average Bonchev–Trinajstić information content (AvgIpc) is 2.54. The lowest BCUT2D eigenvalue weighted by molar-refractivity contribution is 0.233. The summed E-state index contributed by atoms with van der Waals surface area (Å²) < 4.78 is 10.5. The molecule has 3 heteroatoms. The molecule has 0 aliphatic heterocycles. The number of rotatable bonds is 11. The van der Waals surface area contributed by atoms with Crippen molar-refractivity contribution in [1.82, 2.24) is 4.90 Å². The van der Waals surface area contributed by atoms with E-state index >= 15 is 0 Å². The van der Waals surface area contributed by atoms with Crippen molar-refractivity contribution in [2.24, 2.45) is 0 Å². The van der Waals surface area contributed by atoms with Gasteiger partial charge in [0, 0.05) is 31.5 Å². The van der Waals surface area contributed by atoms with Crippen molar-refractivity contribution in [2.75, 3.05) is 33.9 Å². The minimum absolute atomic E-state index is 0.633. The minimum Gasteiger partial charge on any atom is -0.501 e. The SMILES string of the molecule is C/C=C\C(CN(CCCC)C(/C=C\COC)=C/C)=C(/C)OC. The third-order valence-corrected chi connectivity index (χ3v) is 3.48. The van der Waals surface area contributed by atoms with Crippen LogP contribution in [0.3, 0.4) is 0 Å². The molecular formula is C19H33NO2. The molecule has 126 valence electrons. The molecule has 0 bridgehead atoms. The monoisotopic (exact) mass is 307 g/mol. The minimum atomic E-state index is 0.633. The molecule has 0 aromatic carbocycles. The predicted molar refractivity (Wildman–Crippen MR) is 95.8 cm³/mol. The number of allylic oxidation sites excluding steroid dienone is 4. The van der Waals surface area contributed by atoms with Gasteiger partial charge in [0.15, 0.2) is 0 Å². The Morgan fingerprint density at radius 1 is 1.14 bits per heavy atom. The summed E-state index contributed by atoms with van der Waals surface area (Å²) >= 11 is 0. The lowest BCUT2D eigenvalue weighted by Crippen LogP contribution is -2.26. The van der Waals surface area contributed by atoms with Gasteiger partial charge in [-0.05, 0) is 33.3 Å². The van der Waals surface area contributed by atoms with Gasteiger partial charge in [-0.15, -0.1) is 0 Å². The van der Waals surface area contributed by atoms with Gasteiger partial charge in [-0.1, -0.05) is 37.6 Å². The first kappa shape index (κ1) is 20.5. The van der Waals surface area contributed by atoms with Crippen molar-refractivity contribution in [3.05, 3.63) is 47.4 Å². The molecule has 0 rings (SSSR count). The summed E-state index contributed by atoms with van der Waals surface area (Å²) in [4.78, 5) is 2.40. The molecule has 0 unspecified atom stereocenters. The summed E-state index contributed by atoms with van der Waals surface area (Å²) in [5.74, 6) is 0.968. The lowest BCUT2D eigenvalue weighted by atomic mass is 10.1. The fourth-order valence-electron chi connectivity index (χ4n) is 2.12. The highest BCUT2D eigenvalue weighted by Crippen LogP contribution is 2.15. The Labute approximate surface area is 137 Å². The van der Waals surface area contributed by atoms with Gasteiger partial charge in [-0.2, -0.15) is 0 Å². The fraction of sp³-hybridized carbons (Fsp3) is 0.579. The molecule has 0 aliphatic rings. The highest BCUT2D eigenvalue weighted by atomic mass is 16.5. The summed E-state index contributed by atoms with van der Waals surface area (Å²) in [5.41, 5.74) is 2.43. The Morgan fingerprint density at radius 3 is 2.36 bits per heavy atom. The Morgan fingerprint density at radius 2 is 1.86 bits per heavy atom. The first-order valence-corrected chi connectivity index (χ1v) is 8.07. The maximum Gasteiger partial charge on any atom is 0.0974 e. The smallest absolute Gasteiger partial charge is 0.0974 e. The molecule has 0 fully saturated rings. The summed E-state index contributed by atoms with van der Waals surface area (Å²) in [6, 6.07) is 0. The molecule has 0 saturated carbocycles. The quantitative estimate of drug-likeness (QED) is 0.408. The van der Waals surface area contributed by atoms with Crippen LogP contribution >= 0.6 is 0 Å². The zero-order chi connectivity index (χ0) is 16.8. The Bertz CT molecular complexity index is 406. The first-order valence-electron chi connectivity index (χ1n) is 8.07. The van der Waals surface area contributed by atoms with Gasteiger partial charge in [0.05, 0.1) is 19.5 Å². The summed E-state index contributed by atoms with van der Waals surface area (Å²) in [5, 5.41) is 0. The van der Waals surface area contributed by atoms with E-state index in [2.05, 4.69) is 49.1 Å². The van der Waals surface area contributed by atoms with E-state index < -0.39 is 0 Å². The number of methoxy groups -OCH3 is 2. The second-order valence-electron chi connectivity index (χ2n) is 5.13. The molecule has 0 amide bonds. The van der Waals surface area contributed by atoms with Gasteiger partial charge in [-0.3, -0.25) is 0 Å². The van der Waals surface area contributed by atoms with Crippen molar-refractivity contribution in [3.8, 4) is 0 Å². The van der Waals surface area contributed by atoms with E-state index in [-0.39, 0.29) is 0 Å². The van der Waals surface area contributed by atoms with Gasteiger partial charge in [-0.25, -0.2) is 0 Å². The van der Waals surface area contributed by atoms with Crippen molar-refractivity contribution < 1.29 is 9.47 Å². The standard InChI is InChI=1S/C19H33NO2/c1-7-10-14-20(19(9-3)13-11-15-21-5)16-18(12-8-2)17(4)22-6/h8-9,11-13H,7,10,14-16H2,1-6H3/b12-8-,13-11-,18-17-,19-9+. The highest BCUT2D eigenvalue weighted by molar-refractivity contribution is 5.26. The second-order valence-corrected chi connectivity index (χ2v) is 5.13. The topological polar surface area (TPSA) is 21.7 Å². The number of hydrogen-bond donors (Lipinski definition) is 0. The average molecular weight is 307 g/mol. The van der Waals surface area contributed by atoms with Crippen LogP contribution in [0.4, 0.5) is 0 Å². The molecule has 0 atom stereocenters. The van der Waals surface area contributed by atoms with E-state index in [1.807, 2.05) is 13.8 Å². The molecule has 0 aliphatic carbocycles. The predicted octanol–water partition coefficient (Wildman–Crippen LogP) is 4.69. The molecule has 3 nitrogen and oxygen atoms in total. The molecular weight excluding hydrogens is 274 g/mol. The van der Waals surface area contributed by atoms with E-state index in [1.54, 1.807) is 14.2 Å². The van der Waals surface area contributed by atoms with Crippen molar-refractivity contribution in [1.29, 1.82) is 0 Å². The zero-order valence-electron chi connectivity index (χ0n) is 15.2. The zero-order valence-corrected chi connectivity index (χ0v) is 15.2. The number of unbranched alkanes of at least 4 members (excludes halogenated alkanes) is 1. The van der Waals surface area contributed by atoms with Crippen LogP contribution in [0.2, 0.25) is 0 Å². The number of nitrogens with zero attached hydrogens (tertiary/aromatic N) is 1. The maximum absolute atomic E-state index is 5.43. The Balaban J connectivity index is 5.24. The second kappa shape index (κ2) is 13.2. The summed E-state index contributed by atoms with van der Waals surface area (Å²) in [6.07, 6.45) is 12.9. The lowest BCUT2D eigenvalue weighted by Gasteiger charge is -2.27. The third-order valence-electron chi connectivity index (χ3n) is 3.48. The summed E-state index contributed by atoms with van der Waals surface area (Å²) in [7, 11) is 3.44. The van der Waals surface area contributed by atoms with Crippen molar-refractivity contribution in [2.45, 2.75) is 40.5 Å². The summed E-state index contributed by atoms with van der Waals surface area (Å²) in [6.45, 7) is 10.9. The number of hydrogen-bond acceptors (Lipinski definition) is 3. The molecule has 0 spiro atoms. The van der Waals surface area contributed by atoms with Crippen LogP contribution in [-0.2, 0) is 9.47 Å². The van der Waals surface area contributed by atoms with E-state index in [4.69, 9.17) is 9.47 Å². The molecule has 0 heterocycles. The van der Waals surface area contributed by atoms with E-state index in [0.717, 1.165) is 18.8 Å². The first-order chi connectivity index (χ1) is 10.6. The Hall–Kier alpha value is -1.48. The van der Waals surface area contributed by atoms with Gasteiger partial charge in [0.1, 0.15) is 0 Å². The van der Waals surface area contributed by atoms with E-state index in [1.165, 1.54) is 24.1 Å². The molecule has 0 N–H and O–H groups in total. The molecule has 0 saturated heterocycles. The van der Waals surface area contributed by atoms with Gasteiger partial charge in [0.2, 0.25) is 0 Å². The van der Waals surface area contributed by atoms with Crippen LogP contribution < -0.4 is 0 Å². The van der Waals surface area contributed by atoms with Crippen LogP contribution in [0, 0.1) is 0 Å². The van der Waals surface area contributed by atoms with Crippen LogP contribution in [0.5, 0.6) is 0 Å². The number of ether oxygens (including phenoxy) is 2. The van der Waals surface area contributed by atoms with E-state index in [9.17, 15) is 0 Å². The Kier molecular flexibility index (Phi) is 12.3. The van der Waals surface area contributed by atoms with Crippen LogP contribution in [0.25, 0.3) is 0 Å². The normalized spacial score (nSPS) is 13.8. The largest absolute Gasteiger partial charge is 0.501 e. The van der Waals surface area contributed by atoms with E-state index in [0.29, 0.717) is 6.61 Å². The molecule has 0 aromatic heterocycles. The van der Waals surface area contributed by atoms with Gasteiger partial charge in [0.25, 0.3) is 0 Å². The van der Waals surface area contributed by atoms with Crippen LogP contribution in [0.15, 0.2) is 47.4 Å². The maximum atomic E-state index is 5.43. The molecule has 0 aromatic rings. The highest BCUT2D eigenvalue weighted by Gasteiger charge is 2.10. The van der Waals surface area contributed by atoms with Gasteiger partial charge < -0.3 is 14.4 Å². The molecule has 22 heavy (non-hydrogen) atoms. The van der Waals surface area contributed by atoms with Crippen LogP contribution in [0.1, 0.15) is 40.5 Å². The van der Waals surface area contributed by atoms with Crippen LogP contribution in [-0.4, -0.2) is 38.8 Å². The third kappa shape index (κ3) is 8.08.